The van der Waals surface area contributed by atoms with Crippen LogP contribution in [0.25, 0.3) is 10.9 Å². The molecular weight excluding hydrogens is 432 g/mol. The summed E-state index contributed by atoms with van der Waals surface area (Å²) in [6, 6.07) is 13.0. The summed E-state index contributed by atoms with van der Waals surface area (Å²) < 4.78 is 29.1. The first-order chi connectivity index (χ1) is 15.5. The van der Waals surface area contributed by atoms with Gasteiger partial charge in [0.15, 0.2) is 0 Å². The Kier molecular flexibility index (Phi) is 6.27. The third kappa shape index (κ3) is 4.64. The predicted molar refractivity (Wildman–Crippen MR) is 134 cm³/mol. The summed E-state index contributed by atoms with van der Waals surface area (Å²) >= 11 is 0. The van der Waals surface area contributed by atoms with Crippen molar-refractivity contribution in [2.45, 2.75) is 83.2 Å². The fourth-order valence-corrected chi connectivity index (χ4v) is 6.38. The predicted octanol–water partition coefficient (Wildman–Crippen LogP) is 5.58. The maximum Gasteiger partial charge on any atom is 0.252 e. The largest absolute Gasteiger partial charge is 0.321 e. The molecule has 33 heavy (non-hydrogen) atoms. The summed E-state index contributed by atoms with van der Waals surface area (Å²) in [5.74, 6) is 0. The monoisotopic (exact) mass is 466 g/mol. The summed E-state index contributed by atoms with van der Waals surface area (Å²) in [5.41, 5.74) is 4.25. The lowest BCUT2D eigenvalue weighted by atomic mass is 9.87. The van der Waals surface area contributed by atoms with E-state index in [0.717, 1.165) is 53.3 Å². The van der Waals surface area contributed by atoms with Gasteiger partial charge in [-0.3, -0.25) is 4.79 Å². The average molecular weight is 467 g/mol. The zero-order valence-electron chi connectivity index (χ0n) is 20.2. The highest BCUT2D eigenvalue weighted by atomic mass is 32.2. The number of aryl methyl sites for hydroxylation is 2. The van der Waals surface area contributed by atoms with Crippen LogP contribution in [0.1, 0.15) is 68.7 Å². The lowest BCUT2D eigenvalue weighted by molar-refractivity contribution is 0.315. The molecule has 1 fully saturated rings. The highest BCUT2D eigenvalue weighted by Crippen LogP contribution is 2.31. The number of H-pyrrole nitrogens is 1. The number of benzene rings is 2. The molecule has 6 heteroatoms. The maximum atomic E-state index is 13.8. The highest BCUT2D eigenvalue weighted by molar-refractivity contribution is 7.89. The maximum absolute atomic E-state index is 13.8. The molecule has 0 unspecified atom stereocenters. The third-order valence-electron chi connectivity index (χ3n) is 7.01. The summed E-state index contributed by atoms with van der Waals surface area (Å²) in [7, 11) is -3.75. The van der Waals surface area contributed by atoms with Crippen LogP contribution in [0, 0.1) is 13.8 Å². The molecule has 0 spiro atoms. The molecule has 1 N–H and O–H groups in total. The topological polar surface area (TPSA) is 70.2 Å². The number of aromatic amines is 1. The summed E-state index contributed by atoms with van der Waals surface area (Å²) in [4.78, 5) is 16.3. The minimum absolute atomic E-state index is 0.0533. The molecule has 3 aromatic rings. The molecule has 1 heterocycles. The van der Waals surface area contributed by atoms with Gasteiger partial charge in [-0.25, -0.2) is 8.42 Å². The van der Waals surface area contributed by atoms with Crippen molar-refractivity contribution in [3.63, 3.8) is 0 Å². The van der Waals surface area contributed by atoms with E-state index in [-0.39, 0.29) is 28.5 Å². The Labute approximate surface area is 196 Å². The number of rotatable bonds is 5. The minimum atomic E-state index is -3.75. The van der Waals surface area contributed by atoms with Crippen molar-refractivity contribution in [1.29, 1.82) is 0 Å². The van der Waals surface area contributed by atoms with Gasteiger partial charge in [-0.05, 0) is 72.4 Å². The van der Waals surface area contributed by atoms with Gasteiger partial charge >= 0.3 is 0 Å². The quantitative estimate of drug-likeness (QED) is 0.534. The van der Waals surface area contributed by atoms with Gasteiger partial charge in [-0.1, -0.05) is 57.9 Å². The van der Waals surface area contributed by atoms with Crippen LogP contribution in [-0.2, 0) is 22.0 Å². The Hall–Kier alpha value is -2.44. The van der Waals surface area contributed by atoms with Crippen molar-refractivity contribution in [2.24, 2.45) is 0 Å². The first-order valence-corrected chi connectivity index (χ1v) is 13.2. The molecule has 0 saturated heterocycles. The number of hydrogen-bond donors (Lipinski definition) is 1. The lowest BCUT2D eigenvalue weighted by Gasteiger charge is -2.28. The number of nitrogens with zero attached hydrogens (tertiary/aromatic N) is 1. The molecule has 1 aliphatic carbocycles. The van der Waals surface area contributed by atoms with Crippen LogP contribution >= 0.6 is 0 Å². The van der Waals surface area contributed by atoms with Gasteiger partial charge in [-0.15, -0.1) is 0 Å². The van der Waals surface area contributed by atoms with E-state index in [1.54, 1.807) is 16.4 Å². The van der Waals surface area contributed by atoms with Crippen LogP contribution in [0.15, 0.2) is 52.2 Å². The number of aromatic nitrogens is 1. The Morgan fingerprint density at radius 2 is 1.64 bits per heavy atom. The van der Waals surface area contributed by atoms with Crippen molar-refractivity contribution in [1.82, 2.24) is 9.29 Å². The summed E-state index contributed by atoms with van der Waals surface area (Å²) in [6.07, 6.45) is 3.66. The van der Waals surface area contributed by atoms with Crippen molar-refractivity contribution < 1.29 is 8.42 Å². The second kappa shape index (κ2) is 8.73. The van der Waals surface area contributed by atoms with Gasteiger partial charge in [0.1, 0.15) is 0 Å². The molecule has 2 aromatic carbocycles. The van der Waals surface area contributed by atoms with E-state index in [1.165, 1.54) is 0 Å². The smallest absolute Gasteiger partial charge is 0.252 e. The molecule has 0 atom stereocenters. The third-order valence-corrected chi connectivity index (χ3v) is 8.93. The molecular formula is C27H34N2O3S. The number of sulfonamides is 1. The SMILES string of the molecule is Cc1ccc2cc(CN(C3CCCC3)S(=O)(=O)c3ccc(C(C)(C)C)cc3)c(=O)[nH]c2c1C. The van der Waals surface area contributed by atoms with Crippen molar-refractivity contribution >= 4 is 20.9 Å². The fourth-order valence-electron chi connectivity index (χ4n) is 4.72. The number of hydrogen-bond acceptors (Lipinski definition) is 3. The zero-order valence-corrected chi connectivity index (χ0v) is 21.1. The van der Waals surface area contributed by atoms with E-state index in [9.17, 15) is 13.2 Å². The molecule has 1 aliphatic rings. The molecule has 176 valence electrons. The van der Waals surface area contributed by atoms with Crippen molar-refractivity contribution in [3.05, 3.63) is 75.1 Å². The van der Waals surface area contributed by atoms with E-state index in [2.05, 4.69) is 25.8 Å². The van der Waals surface area contributed by atoms with Gasteiger partial charge in [0, 0.05) is 18.2 Å². The Bertz CT molecular complexity index is 1330. The number of fused-ring (bicyclic) bond motifs is 1. The van der Waals surface area contributed by atoms with Crippen LogP contribution in [0.4, 0.5) is 0 Å². The number of pyridine rings is 1. The lowest BCUT2D eigenvalue weighted by Crippen LogP contribution is -2.39. The van der Waals surface area contributed by atoms with Gasteiger partial charge < -0.3 is 4.98 Å². The summed E-state index contributed by atoms with van der Waals surface area (Å²) in [5, 5.41) is 0.922. The van der Waals surface area contributed by atoms with Crippen LogP contribution in [0.2, 0.25) is 0 Å². The van der Waals surface area contributed by atoms with E-state index in [0.29, 0.717) is 5.56 Å². The normalized spacial score (nSPS) is 15.6. The second-order valence-electron chi connectivity index (χ2n) is 10.4. The zero-order chi connectivity index (χ0) is 24.0. The van der Waals surface area contributed by atoms with Crippen molar-refractivity contribution in [2.75, 3.05) is 0 Å². The second-order valence-corrected chi connectivity index (χ2v) is 12.2. The highest BCUT2D eigenvalue weighted by Gasteiger charge is 2.34. The van der Waals surface area contributed by atoms with Crippen LogP contribution in [-0.4, -0.2) is 23.7 Å². The van der Waals surface area contributed by atoms with Crippen molar-refractivity contribution in [3.8, 4) is 0 Å². The fraction of sp³-hybridized carbons (Fsp3) is 0.444. The number of nitrogens with one attached hydrogen (secondary N) is 1. The van der Waals surface area contributed by atoms with Gasteiger partial charge in [-0.2, -0.15) is 4.31 Å². The Morgan fingerprint density at radius 3 is 2.24 bits per heavy atom. The Morgan fingerprint density at radius 1 is 1.00 bits per heavy atom. The molecule has 0 aliphatic heterocycles. The molecule has 0 amide bonds. The summed E-state index contributed by atoms with van der Waals surface area (Å²) in [6.45, 7) is 10.4. The van der Waals surface area contributed by atoms with E-state index < -0.39 is 10.0 Å². The van der Waals surface area contributed by atoms with Gasteiger partial charge in [0.05, 0.1) is 10.4 Å². The van der Waals surface area contributed by atoms with E-state index >= 15 is 0 Å². The Balaban J connectivity index is 1.75. The van der Waals surface area contributed by atoms with Crippen LogP contribution < -0.4 is 5.56 Å². The van der Waals surface area contributed by atoms with E-state index in [4.69, 9.17) is 0 Å². The molecule has 1 saturated carbocycles. The molecule has 0 bridgehead atoms. The first-order valence-electron chi connectivity index (χ1n) is 11.7. The average Bonchev–Trinajstić information content (AvgIpc) is 3.29. The molecule has 4 rings (SSSR count). The van der Waals surface area contributed by atoms with Gasteiger partial charge in [0.2, 0.25) is 10.0 Å². The molecule has 1 aromatic heterocycles. The molecule has 5 nitrogen and oxygen atoms in total. The van der Waals surface area contributed by atoms with Crippen LogP contribution in [0.3, 0.4) is 0 Å². The minimum Gasteiger partial charge on any atom is -0.321 e. The first kappa shape index (κ1) is 23.7. The van der Waals surface area contributed by atoms with Gasteiger partial charge in [0.25, 0.3) is 5.56 Å². The standard InChI is InChI=1S/C27H34N2O3S/c1-18-10-11-20-16-21(26(30)28-25(20)19(18)2)17-29(23-8-6-7-9-23)33(31,32)24-14-12-22(13-15-24)27(3,4)5/h10-16,23H,6-9,17H2,1-5H3,(H,28,30). The van der Waals surface area contributed by atoms with E-state index in [1.807, 2.05) is 44.2 Å². The molecule has 0 radical (unpaired) electrons. The van der Waals surface area contributed by atoms with Crippen LogP contribution in [0.5, 0.6) is 0 Å².